The molecule has 0 aromatic carbocycles. The highest BCUT2D eigenvalue weighted by atomic mass is 16.6. The van der Waals surface area contributed by atoms with Crippen molar-refractivity contribution in [2.24, 2.45) is 0 Å². The fraction of sp³-hybridized carbons (Fsp3) is 0.883. The maximum Gasteiger partial charge on any atom is 0.306 e. The Morgan fingerprint density at radius 2 is 0.530 bits per heavy atom. The van der Waals surface area contributed by atoms with Crippen LogP contribution in [0, 0.1) is 0 Å². The molecule has 0 bridgehead atoms. The van der Waals surface area contributed by atoms with Gasteiger partial charge in [0.25, 0.3) is 0 Å². The van der Waals surface area contributed by atoms with Gasteiger partial charge >= 0.3 is 17.9 Å². The Balaban J connectivity index is 4.30. The van der Waals surface area contributed by atoms with Gasteiger partial charge in [-0.05, 0) is 44.9 Å². The number of carbonyl (C=O) groups excluding carboxylic acids is 3. The Kier molecular flexibility index (Phi) is 53.7. The van der Waals surface area contributed by atoms with Gasteiger partial charge in [0.2, 0.25) is 0 Å². The van der Waals surface area contributed by atoms with Crippen molar-refractivity contribution in [3.05, 3.63) is 24.3 Å². The number of rotatable bonds is 54. The van der Waals surface area contributed by atoms with Crippen molar-refractivity contribution >= 4 is 17.9 Å². The molecule has 0 N–H and O–H groups in total. The molecule has 6 heteroatoms. The lowest BCUT2D eigenvalue weighted by molar-refractivity contribution is -0.167. The first-order valence-corrected chi connectivity index (χ1v) is 29.4. The van der Waals surface area contributed by atoms with Gasteiger partial charge in [-0.1, -0.05) is 283 Å². The van der Waals surface area contributed by atoms with E-state index in [4.69, 9.17) is 14.2 Å². The van der Waals surface area contributed by atoms with Crippen molar-refractivity contribution in [3.63, 3.8) is 0 Å². The molecular formula is C60H112O6. The molecule has 1 atom stereocenters. The van der Waals surface area contributed by atoms with E-state index in [-0.39, 0.29) is 31.1 Å². The summed E-state index contributed by atoms with van der Waals surface area (Å²) in [4.78, 5) is 38.1. The third-order valence-electron chi connectivity index (χ3n) is 13.2. The Bertz CT molecular complexity index is 1070. The number of allylic oxidation sites excluding steroid dienone is 4. The van der Waals surface area contributed by atoms with Crippen molar-refractivity contribution < 1.29 is 28.6 Å². The first-order chi connectivity index (χ1) is 32.5. The van der Waals surface area contributed by atoms with Crippen LogP contribution in [-0.2, 0) is 28.6 Å². The van der Waals surface area contributed by atoms with E-state index in [1.165, 1.54) is 225 Å². The average molecular weight is 930 g/mol. The van der Waals surface area contributed by atoms with Crippen LogP contribution in [-0.4, -0.2) is 37.2 Å². The van der Waals surface area contributed by atoms with Crippen LogP contribution >= 0.6 is 0 Å². The lowest BCUT2D eigenvalue weighted by Gasteiger charge is -2.18. The van der Waals surface area contributed by atoms with E-state index in [9.17, 15) is 14.4 Å². The van der Waals surface area contributed by atoms with Crippen LogP contribution in [0.25, 0.3) is 0 Å². The zero-order valence-electron chi connectivity index (χ0n) is 44.5. The predicted molar refractivity (Wildman–Crippen MR) is 284 cm³/mol. The molecule has 0 radical (unpaired) electrons. The van der Waals surface area contributed by atoms with Crippen molar-refractivity contribution in [2.75, 3.05) is 13.2 Å². The maximum absolute atomic E-state index is 12.9. The SMILES string of the molecule is CCCCC/C=C\C=C/CCCCCCCCCCCCC(=O)OCC(COC(=O)CCCCCCCCCCCCCCC)OC(=O)CCCCCCCCCCCCCCCCCC. The molecule has 0 heterocycles. The fourth-order valence-corrected chi connectivity index (χ4v) is 8.79. The van der Waals surface area contributed by atoms with Crippen LogP contribution in [0.2, 0.25) is 0 Å². The quantitative estimate of drug-likeness (QED) is 0.0262. The smallest absolute Gasteiger partial charge is 0.306 e. The minimum Gasteiger partial charge on any atom is -0.462 e. The molecule has 0 aromatic rings. The number of esters is 3. The van der Waals surface area contributed by atoms with Crippen LogP contribution < -0.4 is 0 Å². The lowest BCUT2D eigenvalue weighted by atomic mass is 10.0. The zero-order valence-corrected chi connectivity index (χ0v) is 44.5. The number of hydrogen-bond donors (Lipinski definition) is 0. The normalized spacial score (nSPS) is 12.1. The first kappa shape index (κ1) is 63.9. The van der Waals surface area contributed by atoms with Gasteiger partial charge in [0.15, 0.2) is 6.10 Å². The minimum atomic E-state index is -0.767. The summed E-state index contributed by atoms with van der Waals surface area (Å²) in [7, 11) is 0. The molecule has 0 amide bonds. The van der Waals surface area contributed by atoms with E-state index >= 15 is 0 Å². The second-order valence-corrected chi connectivity index (χ2v) is 20.0. The monoisotopic (exact) mass is 929 g/mol. The van der Waals surface area contributed by atoms with Gasteiger partial charge in [-0.2, -0.15) is 0 Å². The summed E-state index contributed by atoms with van der Waals surface area (Å²) >= 11 is 0. The second-order valence-electron chi connectivity index (χ2n) is 20.0. The van der Waals surface area contributed by atoms with Crippen LogP contribution in [0.1, 0.15) is 323 Å². The summed E-state index contributed by atoms with van der Waals surface area (Å²) in [5, 5.41) is 0. The molecule has 0 aliphatic heterocycles. The highest BCUT2D eigenvalue weighted by Crippen LogP contribution is 2.17. The number of unbranched alkanes of at least 4 members (excludes halogenated alkanes) is 40. The molecule has 388 valence electrons. The van der Waals surface area contributed by atoms with Crippen molar-refractivity contribution in [1.82, 2.24) is 0 Å². The summed E-state index contributed by atoms with van der Waals surface area (Å²) in [5.41, 5.74) is 0. The van der Waals surface area contributed by atoms with Crippen LogP contribution in [0.5, 0.6) is 0 Å². The summed E-state index contributed by atoms with van der Waals surface area (Å²) in [6.45, 7) is 6.66. The maximum atomic E-state index is 12.9. The highest BCUT2D eigenvalue weighted by Gasteiger charge is 2.19. The lowest BCUT2D eigenvalue weighted by Crippen LogP contribution is -2.30. The molecule has 1 unspecified atom stereocenters. The van der Waals surface area contributed by atoms with Gasteiger partial charge in [-0.25, -0.2) is 0 Å². The van der Waals surface area contributed by atoms with E-state index in [0.29, 0.717) is 19.3 Å². The topological polar surface area (TPSA) is 78.9 Å². The predicted octanol–water partition coefficient (Wildman–Crippen LogP) is 19.5. The minimum absolute atomic E-state index is 0.0663. The molecule has 0 aliphatic rings. The van der Waals surface area contributed by atoms with Gasteiger partial charge in [-0.3, -0.25) is 14.4 Å². The molecular weight excluding hydrogens is 817 g/mol. The van der Waals surface area contributed by atoms with E-state index in [2.05, 4.69) is 45.1 Å². The summed E-state index contributed by atoms with van der Waals surface area (Å²) < 4.78 is 16.9. The Hall–Kier alpha value is -2.11. The van der Waals surface area contributed by atoms with Crippen molar-refractivity contribution in [2.45, 2.75) is 329 Å². The van der Waals surface area contributed by atoms with Crippen LogP contribution in [0.15, 0.2) is 24.3 Å². The first-order valence-electron chi connectivity index (χ1n) is 29.4. The Morgan fingerprint density at radius 3 is 0.833 bits per heavy atom. The van der Waals surface area contributed by atoms with Gasteiger partial charge < -0.3 is 14.2 Å². The molecule has 6 nitrogen and oxygen atoms in total. The van der Waals surface area contributed by atoms with Crippen LogP contribution in [0.4, 0.5) is 0 Å². The molecule has 0 spiro atoms. The third-order valence-corrected chi connectivity index (χ3v) is 13.2. The van der Waals surface area contributed by atoms with Crippen molar-refractivity contribution in [3.8, 4) is 0 Å². The standard InChI is InChI=1S/C60H112O6/c1-4-7-10-13-16-19-22-25-27-29-30-31-33-35-38-41-44-47-50-53-59(62)65-56-57(55-64-58(61)52-49-46-43-40-37-34-24-21-18-15-12-9-6-3)66-60(63)54-51-48-45-42-39-36-32-28-26-23-20-17-14-11-8-5-2/h16,19,22,25,57H,4-15,17-18,20-21,23-24,26-56H2,1-3H3/b19-16-,25-22-. The summed E-state index contributed by atoms with van der Waals surface area (Å²) in [5.74, 6) is -0.847. The van der Waals surface area contributed by atoms with E-state index in [1.807, 2.05) is 0 Å². The van der Waals surface area contributed by atoms with Crippen LogP contribution in [0.3, 0.4) is 0 Å². The summed E-state index contributed by atoms with van der Waals surface area (Å²) in [6.07, 6.45) is 64.5. The molecule has 0 saturated carbocycles. The number of hydrogen-bond acceptors (Lipinski definition) is 6. The van der Waals surface area contributed by atoms with Gasteiger partial charge in [0.1, 0.15) is 13.2 Å². The second kappa shape index (κ2) is 55.5. The number of carbonyl (C=O) groups is 3. The third kappa shape index (κ3) is 52.9. The van der Waals surface area contributed by atoms with E-state index in [1.54, 1.807) is 0 Å². The molecule has 0 fully saturated rings. The van der Waals surface area contributed by atoms with Gasteiger partial charge in [0, 0.05) is 19.3 Å². The average Bonchev–Trinajstić information content (AvgIpc) is 3.31. The van der Waals surface area contributed by atoms with Crippen molar-refractivity contribution in [1.29, 1.82) is 0 Å². The number of ether oxygens (including phenoxy) is 3. The Labute approximate surface area is 411 Å². The molecule has 66 heavy (non-hydrogen) atoms. The van der Waals surface area contributed by atoms with E-state index < -0.39 is 6.10 Å². The molecule has 0 aromatic heterocycles. The summed E-state index contributed by atoms with van der Waals surface area (Å²) in [6, 6.07) is 0. The molecule has 0 aliphatic carbocycles. The largest absolute Gasteiger partial charge is 0.462 e. The molecule has 0 saturated heterocycles. The molecule has 0 rings (SSSR count). The van der Waals surface area contributed by atoms with Gasteiger partial charge in [0.05, 0.1) is 0 Å². The fourth-order valence-electron chi connectivity index (χ4n) is 8.79. The van der Waals surface area contributed by atoms with E-state index in [0.717, 1.165) is 57.8 Å². The zero-order chi connectivity index (χ0) is 47.9. The highest BCUT2D eigenvalue weighted by molar-refractivity contribution is 5.71. The Morgan fingerprint density at radius 1 is 0.303 bits per heavy atom. The van der Waals surface area contributed by atoms with Gasteiger partial charge in [-0.15, -0.1) is 0 Å².